The van der Waals surface area contributed by atoms with Crippen LogP contribution in [0.25, 0.3) is 0 Å². The lowest BCUT2D eigenvalue weighted by Gasteiger charge is -2.01. The van der Waals surface area contributed by atoms with Gasteiger partial charge in [0.25, 0.3) is 0 Å². The molecule has 0 aliphatic heterocycles. The van der Waals surface area contributed by atoms with Crippen LogP contribution < -0.4 is 0 Å². The van der Waals surface area contributed by atoms with E-state index in [0.29, 0.717) is 12.8 Å². The third kappa shape index (κ3) is 20.2. The average molecular weight is 429 g/mol. The van der Waals surface area contributed by atoms with Crippen molar-refractivity contribution < 1.29 is 23.9 Å². The maximum absolute atomic E-state index is 11.5. The summed E-state index contributed by atoms with van der Waals surface area (Å²) in [5, 5.41) is 0. The smallest absolute Gasteiger partial charge is 0.382 e. The fraction of sp³-hybridized carbons (Fsp3) is 0.462. The van der Waals surface area contributed by atoms with E-state index in [1.165, 1.54) is 6.92 Å². The Bertz CT molecular complexity index is 693. The number of ether oxygens (including phenoxy) is 1. The van der Waals surface area contributed by atoms with E-state index in [-0.39, 0.29) is 25.0 Å². The quantitative estimate of drug-likeness (QED) is 0.0945. The maximum Gasteiger partial charge on any atom is 0.382 e. The summed E-state index contributed by atoms with van der Waals surface area (Å²) in [5.74, 6) is -2.93. The van der Waals surface area contributed by atoms with Gasteiger partial charge in [-0.3, -0.25) is 9.59 Å². The number of hydrogen-bond acceptors (Lipinski definition) is 5. The van der Waals surface area contributed by atoms with Gasteiger partial charge in [0, 0.05) is 19.3 Å². The van der Waals surface area contributed by atoms with Crippen molar-refractivity contribution in [1.82, 2.24) is 0 Å². The van der Waals surface area contributed by atoms with Crippen LogP contribution in [0.3, 0.4) is 0 Å². The molecule has 0 aliphatic rings. The van der Waals surface area contributed by atoms with Gasteiger partial charge in [-0.2, -0.15) is 0 Å². The Morgan fingerprint density at radius 1 is 0.645 bits per heavy atom. The predicted molar refractivity (Wildman–Crippen MR) is 124 cm³/mol. The Morgan fingerprint density at radius 3 is 1.61 bits per heavy atom. The Balaban J connectivity index is 3.73. The molecule has 5 heteroatoms. The normalized spacial score (nSPS) is 12.1. The van der Waals surface area contributed by atoms with E-state index in [2.05, 4.69) is 60.3 Å². The highest BCUT2D eigenvalue weighted by Crippen LogP contribution is 2.02. The van der Waals surface area contributed by atoms with Gasteiger partial charge in [0.1, 0.15) is 5.78 Å². The molecule has 0 radical (unpaired) electrons. The second kappa shape index (κ2) is 20.5. The SMILES string of the molecule is CC/C=C\C/C=C\C/C=C\C/C=C\C/C=C\CCCC(=O)OC(=O)C(=O)CCC(C)=O. The van der Waals surface area contributed by atoms with E-state index in [9.17, 15) is 19.2 Å². The number of ketones is 2. The van der Waals surface area contributed by atoms with Crippen molar-refractivity contribution >= 4 is 23.5 Å². The summed E-state index contributed by atoms with van der Waals surface area (Å²) in [5.41, 5.74) is 0. The summed E-state index contributed by atoms with van der Waals surface area (Å²) >= 11 is 0. The van der Waals surface area contributed by atoms with Crippen LogP contribution in [-0.2, 0) is 23.9 Å². The molecule has 0 fully saturated rings. The van der Waals surface area contributed by atoms with Crippen molar-refractivity contribution in [2.45, 2.75) is 78.1 Å². The largest absolute Gasteiger partial charge is 0.387 e. The number of carbonyl (C=O) groups excluding carboxylic acids is 4. The molecule has 0 bridgehead atoms. The summed E-state index contributed by atoms with van der Waals surface area (Å²) < 4.78 is 4.49. The van der Waals surface area contributed by atoms with E-state index in [1.54, 1.807) is 0 Å². The Morgan fingerprint density at radius 2 is 1.13 bits per heavy atom. The number of esters is 2. The van der Waals surface area contributed by atoms with Gasteiger partial charge in [-0.15, -0.1) is 0 Å². The lowest BCUT2D eigenvalue weighted by molar-refractivity contribution is -0.164. The monoisotopic (exact) mass is 428 g/mol. The second-order valence-corrected chi connectivity index (χ2v) is 6.99. The molecular formula is C26H36O5. The highest BCUT2D eigenvalue weighted by atomic mass is 16.6. The summed E-state index contributed by atoms with van der Waals surface area (Å²) in [7, 11) is 0. The fourth-order valence-electron chi connectivity index (χ4n) is 2.34. The molecule has 0 aromatic heterocycles. The summed E-state index contributed by atoms with van der Waals surface area (Å²) in [6, 6.07) is 0. The van der Waals surface area contributed by atoms with Gasteiger partial charge < -0.3 is 9.53 Å². The van der Waals surface area contributed by atoms with Crippen LogP contribution in [0, 0.1) is 0 Å². The topological polar surface area (TPSA) is 77.5 Å². The zero-order chi connectivity index (χ0) is 23.2. The van der Waals surface area contributed by atoms with Crippen molar-refractivity contribution in [3.8, 4) is 0 Å². The van der Waals surface area contributed by atoms with Crippen LogP contribution in [0.5, 0.6) is 0 Å². The molecule has 0 saturated heterocycles. The Labute approximate surface area is 186 Å². The predicted octanol–water partition coefficient (Wildman–Crippen LogP) is 5.92. The molecule has 0 spiro atoms. The Kier molecular flexibility index (Phi) is 18.6. The molecule has 0 aliphatic carbocycles. The standard InChI is InChI=1S/C26H36O5/c1-3-4-5-6-7-8-9-10-11-12-13-14-15-16-17-18-19-20-25(29)31-26(30)24(28)22-21-23(2)27/h4-5,7-8,10-11,13-14,16-17H,3,6,9,12,15,18-22H2,1-2H3/b5-4-,8-7-,11-10-,14-13-,17-16-. The van der Waals surface area contributed by atoms with E-state index < -0.39 is 17.7 Å². The Hall–Kier alpha value is -2.82. The number of rotatable bonds is 17. The zero-order valence-electron chi connectivity index (χ0n) is 18.9. The lowest BCUT2D eigenvalue weighted by atomic mass is 10.2. The molecule has 0 aromatic carbocycles. The van der Waals surface area contributed by atoms with Crippen LogP contribution in [0.1, 0.15) is 78.1 Å². The number of carbonyl (C=O) groups is 4. The maximum atomic E-state index is 11.5. The van der Waals surface area contributed by atoms with Crippen LogP contribution in [-0.4, -0.2) is 23.5 Å². The first-order valence-corrected chi connectivity index (χ1v) is 11.0. The molecule has 0 amide bonds. The molecule has 0 unspecified atom stereocenters. The molecule has 170 valence electrons. The molecular weight excluding hydrogens is 392 g/mol. The van der Waals surface area contributed by atoms with Crippen molar-refractivity contribution in [2.24, 2.45) is 0 Å². The van der Waals surface area contributed by atoms with Gasteiger partial charge >= 0.3 is 11.9 Å². The molecule has 0 heterocycles. The molecule has 5 nitrogen and oxygen atoms in total. The van der Waals surface area contributed by atoms with Gasteiger partial charge in [-0.25, -0.2) is 4.79 Å². The molecule has 0 atom stereocenters. The highest BCUT2D eigenvalue weighted by Gasteiger charge is 2.19. The number of unbranched alkanes of at least 4 members (excludes halogenated alkanes) is 1. The van der Waals surface area contributed by atoms with Crippen molar-refractivity contribution in [3.05, 3.63) is 60.8 Å². The second-order valence-electron chi connectivity index (χ2n) is 6.99. The van der Waals surface area contributed by atoms with Crippen molar-refractivity contribution in [3.63, 3.8) is 0 Å². The number of hydrogen-bond donors (Lipinski definition) is 0. The molecule has 0 rings (SSSR count). The van der Waals surface area contributed by atoms with Gasteiger partial charge in [-0.05, 0) is 51.9 Å². The van der Waals surface area contributed by atoms with E-state index >= 15 is 0 Å². The van der Waals surface area contributed by atoms with Gasteiger partial charge in [0.2, 0.25) is 5.78 Å². The third-order valence-corrected chi connectivity index (χ3v) is 4.05. The van der Waals surface area contributed by atoms with Crippen molar-refractivity contribution in [1.29, 1.82) is 0 Å². The number of allylic oxidation sites excluding steroid dienone is 10. The van der Waals surface area contributed by atoms with Gasteiger partial charge in [0.05, 0.1) is 0 Å². The number of Topliss-reactive ketones (excluding diaryl/α,β-unsaturated/α-hetero) is 2. The lowest BCUT2D eigenvalue weighted by Crippen LogP contribution is -2.21. The fourth-order valence-corrected chi connectivity index (χ4v) is 2.34. The zero-order valence-corrected chi connectivity index (χ0v) is 18.9. The first kappa shape index (κ1) is 28.2. The van der Waals surface area contributed by atoms with Crippen LogP contribution in [0.15, 0.2) is 60.8 Å². The van der Waals surface area contributed by atoms with E-state index in [1.807, 2.05) is 12.2 Å². The molecule has 0 saturated carbocycles. The van der Waals surface area contributed by atoms with Crippen LogP contribution in [0.4, 0.5) is 0 Å². The molecule has 0 N–H and O–H groups in total. The van der Waals surface area contributed by atoms with Gasteiger partial charge in [0.15, 0.2) is 0 Å². The summed E-state index contributed by atoms with van der Waals surface area (Å²) in [6.45, 7) is 3.46. The van der Waals surface area contributed by atoms with E-state index in [4.69, 9.17) is 0 Å². The molecule has 31 heavy (non-hydrogen) atoms. The van der Waals surface area contributed by atoms with Crippen LogP contribution in [0.2, 0.25) is 0 Å². The first-order valence-electron chi connectivity index (χ1n) is 11.0. The minimum Gasteiger partial charge on any atom is -0.387 e. The first-order chi connectivity index (χ1) is 15.0. The minimum absolute atomic E-state index is 0.0216. The minimum atomic E-state index is -1.18. The summed E-state index contributed by atoms with van der Waals surface area (Å²) in [4.78, 5) is 45.2. The third-order valence-electron chi connectivity index (χ3n) is 4.05. The van der Waals surface area contributed by atoms with Crippen molar-refractivity contribution in [2.75, 3.05) is 0 Å². The molecule has 0 aromatic rings. The van der Waals surface area contributed by atoms with Crippen LogP contribution >= 0.6 is 0 Å². The van der Waals surface area contributed by atoms with E-state index in [0.717, 1.165) is 32.1 Å². The highest BCUT2D eigenvalue weighted by molar-refractivity contribution is 6.35. The average Bonchev–Trinajstić information content (AvgIpc) is 2.74. The van der Waals surface area contributed by atoms with Gasteiger partial charge in [-0.1, -0.05) is 67.7 Å². The summed E-state index contributed by atoms with van der Waals surface area (Å²) in [6.07, 6.45) is 27.0.